The molecule has 0 radical (unpaired) electrons. The molecule has 0 bridgehead atoms. The molecule has 0 aromatic heterocycles. The van der Waals surface area contributed by atoms with Gasteiger partial charge in [0.1, 0.15) is 0 Å². The number of alkyl halides is 1. The molecular weight excluding hydrogens is 292 g/mol. The van der Waals surface area contributed by atoms with Crippen LogP contribution in [0.15, 0.2) is 0 Å². The fourth-order valence-corrected chi connectivity index (χ4v) is 2.36. The van der Waals surface area contributed by atoms with Gasteiger partial charge in [-0.15, -0.1) is 0 Å². The Hall–Kier alpha value is 0.400. The van der Waals surface area contributed by atoms with Crippen molar-refractivity contribution < 1.29 is 9.47 Å². The van der Waals surface area contributed by atoms with Crippen molar-refractivity contribution in [2.24, 2.45) is 0 Å². The molecule has 0 aliphatic rings. The first kappa shape index (κ1) is 18.4. The first-order chi connectivity index (χ1) is 8.81. The number of halogens is 1. The molecule has 0 rings (SSSR count). The molecule has 110 valence electrons. The van der Waals surface area contributed by atoms with E-state index in [4.69, 9.17) is 9.47 Å². The summed E-state index contributed by atoms with van der Waals surface area (Å²) in [4.78, 5) is 0. The normalized spacial score (nSPS) is 12.8. The summed E-state index contributed by atoms with van der Waals surface area (Å²) in [5, 5.41) is 1.16. The van der Waals surface area contributed by atoms with Gasteiger partial charge in [-0.05, 0) is 26.7 Å². The van der Waals surface area contributed by atoms with Gasteiger partial charge in [-0.2, -0.15) is 0 Å². The van der Waals surface area contributed by atoms with Crippen molar-refractivity contribution in [3.8, 4) is 0 Å². The summed E-state index contributed by atoms with van der Waals surface area (Å²) in [6.45, 7) is 5.54. The van der Waals surface area contributed by atoms with Crippen LogP contribution in [0.1, 0.15) is 71.6 Å². The van der Waals surface area contributed by atoms with Crippen molar-refractivity contribution in [3.05, 3.63) is 0 Å². The summed E-state index contributed by atoms with van der Waals surface area (Å²) in [6, 6.07) is 0. The van der Waals surface area contributed by atoms with Crippen LogP contribution in [0.3, 0.4) is 0 Å². The van der Waals surface area contributed by atoms with Crippen molar-refractivity contribution in [1.82, 2.24) is 0 Å². The van der Waals surface area contributed by atoms with Crippen LogP contribution in [0, 0.1) is 0 Å². The molecule has 0 fully saturated rings. The lowest BCUT2D eigenvalue weighted by Gasteiger charge is -2.12. The van der Waals surface area contributed by atoms with E-state index in [0.717, 1.165) is 18.5 Å². The third-order valence-electron chi connectivity index (χ3n) is 3.03. The molecule has 0 spiro atoms. The summed E-state index contributed by atoms with van der Waals surface area (Å²) in [6.07, 6.45) is 12.1. The van der Waals surface area contributed by atoms with Crippen LogP contribution >= 0.6 is 15.9 Å². The second-order valence-electron chi connectivity index (χ2n) is 4.76. The van der Waals surface area contributed by atoms with Gasteiger partial charge in [0.2, 0.25) is 0 Å². The molecule has 18 heavy (non-hydrogen) atoms. The van der Waals surface area contributed by atoms with E-state index in [1.165, 1.54) is 57.8 Å². The van der Waals surface area contributed by atoms with E-state index in [0.29, 0.717) is 0 Å². The zero-order valence-corrected chi connectivity index (χ0v) is 13.8. The quantitative estimate of drug-likeness (QED) is 0.246. The average Bonchev–Trinajstić information content (AvgIpc) is 2.36. The zero-order valence-electron chi connectivity index (χ0n) is 12.3. The molecule has 1 atom stereocenters. The molecule has 3 heteroatoms. The lowest BCUT2D eigenvalue weighted by Crippen LogP contribution is -2.13. The van der Waals surface area contributed by atoms with Gasteiger partial charge in [0.15, 0.2) is 6.29 Å². The third-order valence-corrected chi connectivity index (χ3v) is 3.59. The van der Waals surface area contributed by atoms with Crippen molar-refractivity contribution >= 4 is 15.9 Å². The van der Waals surface area contributed by atoms with Crippen molar-refractivity contribution in [3.63, 3.8) is 0 Å². The van der Waals surface area contributed by atoms with Crippen molar-refractivity contribution in [1.29, 1.82) is 0 Å². The molecule has 2 nitrogen and oxygen atoms in total. The van der Waals surface area contributed by atoms with Gasteiger partial charge < -0.3 is 9.47 Å². The second-order valence-corrected chi connectivity index (χ2v) is 5.56. The maximum Gasteiger partial charge on any atom is 0.154 e. The predicted octanol–water partition coefficient (Wildman–Crippen LogP) is 5.29. The highest BCUT2D eigenvalue weighted by atomic mass is 79.9. The summed E-state index contributed by atoms with van der Waals surface area (Å²) in [5.41, 5.74) is 0. The number of ether oxygens (including phenoxy) is 2. The van der Waals surface area contributed by atoms with E-state index < -0.39 is 0 Å². The molecule has 0 saturated carbocycles. The molecule has 0 aliphatic carbocycles. The number of rotatable bonds is 14. The largest absolute Gasteiger partial charge is 0.353 e. The van der Waals surface area contributed by atoms with Crippen molar-refractivity contribution in [2.75, 3.05) is 18.5 Å². The first-order valence-electron chi connectivity index (χ1n) is 7.60. The van der Waals surface area contributed by atoms with Crippen molar-refractivity contribution in [2.45, 2.75) is 77.9 Å². The molecule has 0 heterocycles. The van der Waals surface area contributed by atoms with Crippen LogP contribution in [0.2, 0.25) is 0 Å². The first-order valence-corrected chi connectivity index (χ1v) is 8.72. The Morgan fingerprint density at radius 3 is 1.78 bits per heavy atom. The average molecular weight is 323 g/mol. The van der Waals surface area contributed by atoms with Gasteiger partial charge in [-0.1, -0.05) is 60.9 Å². The van der Waals surface area contributed by atoms with Gasteiger partial charge in [0.25, 0.3) is 0 Å². The minimum Gasteiger partial charge on any atom is -0.353 e. The Bertz CT molecular complexity index is 153. The maximum absolute atomic E-state index is 5.53. The molecular formula is C15H31BrO2. The predicted molar refractivity (Wildman–Crippen MR) is 82.4 cm³/mol. The molecule has 0 aromatic carbocycles. The van der Waals surface area contributed by atoms with E-state index >= 15 is 0 Å². The highest BCUT2D eigenvalue weighted by Crippen LogP contribution is 2.10. The summed E-state index contributed by atoms with van der Waals surface area (Å²) in [5.74, 6) is 0. The Balaban J connectivity index is 2.98. The van der Waals surface area contributed by atoms with Gasteiger partial charge in [0.05, 0.1) is 0 Å². The minimum atomic E-state index is -0.0376. The molecule has 1 unspecified atom stereocenters. The van der Waals surface area contributed by atoms with Gasteiger partial charge in [-0.3, -0.25) is 0 Å². The van der Waals surface area contributed by atoms with Crippen LogP contribution in [0.4, 0.5) is 0 Å². The van der Waals surface area contributed by atoms with Crippen LogP contribution in [-0.2, 0) is 9.47 Å². The topological polar surface area (TPSA) is 18.5 Å². The highest BCUT2D eigenvalue weighted by Gasteiger charge is 1.99. The fourth-order valence-electron chi connectivity index (χ4n) is 1.97. The molecule has 0 N–H and O–H groups in total. The van der Waals surface area contributed by atoms with E-state index in [2.05, 4.69) is 15.9 Å². The third kappa shape index (κ3) is 14.5. The van der Waals surface area contributed by atoms with Gasteiger partial charge in [-0.25, -0.2) is 0 Å². The van der Waals surface area contributed by atoms with Gasteiger partial charge >= 0.3 is 0 Å². The maximum atomic E-state index is 5.53. The Kier molecular flexibility index (Phi) is 15.8. The van der Waals surface area contributed by atoms with E-state index in [-0.39, 0.29) is 6.29 Å². The molecule has 0 aromatic rings. The van der Waals surface area contributed by atoms with E-state index in [1.807, 2.05) is 13.8 Å². The van der Waals surface area contributed by atoms with E-state index in [9.17, 15) is 0 Å². The number of hydrogen-bond donors (Lipinski definition) is 0. The van der Waals surface area contributed by atoms with E-state index in [1.54, 1.807) is 0 Å². The molecule has 0 saturated heterocycles. The smallest absolute Gasteiger partial charge is 0.154 e. The zero-order chi connectivity index (χ0) is 13.5. The minimum absolute atomic E-state index is 0.0376. The summed E-state index contributed by atoms with van der Waals surface area (Å²) in [7, 11) is 0. The Morgan fingerprint density at radius 1 is 0.778 bits per heavy atom. The lowest BCUT2D eigenvalue weighted by molar-refractivity contribution is -0.127. The Morgan fingerprint density at radius 2 is 1.28 bits per heavy atom. The highest BCUT2D eigenvalue weighted by molar-refractivity contribution is 9.09. The fraction of sp³-hybridized carbons (Fsp3) is 1.00. The molecule has 0 aliphatic heterocycles. The SMILES string of the molecule is CCOC(C)OCCCCCCCCCCCBr. The van der Waals surface area contributed by atoms with Gasteiger partial charge in [0, 0.05) is 18.5 Å². The second kappa shape index (κ2) is 15.5. The summed E-state index contributed by atoms with van der Waals surface area (Å²) >= 11 is 3.47. The lowest BCUT2D eigenvalue weighted by atomic mass is 10.1. The Labute approximate surface area is 122 Å². The monoisotopic (exact) mass is 322 g/mol. The van der Waals surface area contributed by atoms with Crippen LogP contribution in [0.25, 0.3) is 0 Å². The number of hydrogen-bond acceptors (Lipinski definition) is 2. The standard InChI is InChI=1S/C15H31BrO2/c1-3-17-15(2)18-14-12-10-8-6-4-5-7-9-11-13-16/h15H,3-14H2,1-2H3. The number of unbranched alkanes of at least 4 members (excludes halogenated alkanes) is 8. The summed E-state index contributed by atoms with van der Waals surface area (Å²) < 4.78 is 10.8. The van der Waals surface area contributed by atoms with Crippen LogP contribution in [0.5, 0.6) is 0 Å². The van der Waals surface area contributed by atoms with Crippen LogP contribution < -0.4 is 0 Å². The van der Waals surface area contributed by atoms with Crippen LogP contribution in [-0.4, -0.2) is 24.8 Å². The molecule has 0 amide bonds.